The minimum atomic E-state index is 0.170. The molecule has 21 heavy (non-hydrogen) atoms. The molecule has 2 rings (SSSR count). The largest absolute Gasteiger partial charge is 0.350 e. The standard InChI is InChI=1S/C18H25N3/c1-14(2)21(13-16-7-5-4-6-8-16)18-10-9-17(12-20-18)11-15(3)19/h4-10,12,14-15H,11,13,19H2,1-3H3. The molecule has 1 aromatic carbocycles. The lowest BCUT2D eigenvalue weighted by Crippen LogP contribution is -2.31. The summed E-state index contributed by atoms with van der Waals surface area (Å²) in [5.74, 6) is 1.02. The van der Waals surface area contributed by atoms with E-state index in [1.165, 1.54) is 11.1 Å². The van der Waals surface area contributed by atoms with Gasteiger partial charge in [-0.2, -0.15) is 0 Å². The highest BCUT2D eigenvalue weighted by Crippen LogP contribution is 2.18. The second-order valence-electron chi connectivity index (χ2n) is 5.91. The van der Waals surface area contributed by atoms with Crippen molar-refractivity contribution in [1.29, 1.82) is 0 Å². The van der Waals surface area contributed by atoms with Crippen molar-refractivity contribution >= 4 is 5.82 Å². The van der Waals surface area contributed by atoms with Crippen molar-refractivity contribution in [1.82, 2.24) is 4.98 Å². The Morgan fingerprint density at radius 1 is 1.00 bits per heavy atom. The van der Waals surface area contributed by atoms with Gasteiger partial charge in [0.2, 0.25) is 0 Å². The number of rotatable bonds is 6. The predicted octanol–water partition coefficient (Wildman–Crippen LogP) is 3.39. The van der Waals surface area contributed by atoms with E-state index in [1.54, 1.807) is 0 Å². The summed E-state index contributed by atoms with van der Waals surface area (Å²) in [7, 11) is 0. The quantitative estimate of drug-likeness (QED) is 0.883. The molecular weight excluding hydrogens is 258 g/mol. The Bertz CT molecular complexity index is 532. The first kappa shape index (κ1) is 15.5. The van der Waals surface area contributed by atoms with Crippen LogP contribution in [0.2, 0.25) is 0 Å². The van der Waals surface area contributed by atoms with Crippen LogP contribution in [0.15, 0.2) is 48.7 Å². The van der Waals surface area contributed by atoms with Gasteiger partial charge < -0.3 is 10.6 Å². The minimum Gasteiger partial charge on any atom is -0.350 e. The van der Waals surface area contributed by atoms with Gasteiger partial charge in [0.25, 0.3) is 0 Å². The van der Waals surface area contributed by atoms with Gasteiger partial charge in [0, 0.05) is 24.8 Å². The summed E-state index contributed by atoms with van der Waals surface area (Å²) in [5.41, 5.74) is 8.33. The van der Waals surface area contributed by atoms with Gasteiger partial charge in [0.15, 0.2) is 0 Å². The number of benzene rings is 1. The number of hydrogen-bond acceptors (Lipinski definition) is 3. The summed E-state index contributed by atoms with van der Waals surface area (Å²) in [5, 5.41) is 0. The fraction of sp³-hybridized carbons (Fsp3) is 0.389. The van der Waals surface area contributed by atoms with Crippen LogP contribution in [0.1, 0.15) is 31.9 Å². The highest BCUT2D eigenvalue weighted by molar-refractivity contribution is 5.41. The molecule has 2 aromatic rings. The molecule has 0 aliphatic rings. The van der Waals surface area contributed by atoms with Gasteiger partial charge >= 0.3 is 0 Å². The zero-order valence-corrected chi connectivity index (χ0v) is 13.2. The number of nitrogens with zero attached hydrogens (tertiary/aromatic N) is 2. The third-order valence-corrected chi connectivity index (χ3v) is 3.48. The minimum absolute atomic E-state index is 0.170. The lowest BCUT2D eigenvalue weighted by molar-refractivity contribution is 0.671. The van der Waals surface area contributed by atoms with Crippen LogP contribution in [0, 0.1) is 0 Å². The molecule has 1 unspecified atom stereocenters. The maximum absolute atomic E-state index is 5.83. The van der Waals surface area contributed by atoms with Crippen LogP contribution in [0.3, 0.4) is 0 Å². The van der Waals surface area contributed by atoms with Gasteiger partial charge in [0.05, 0.1) is 0 Å². The first-order valence-corrected chi connectivity index (χ1v) is 7.57. The van der Waals surface area contributed by atoms with Crippen LogP contribution >= 0.6 is 0 Å². The fourth-order valence-corrected chi connectivity index (χ4v) is 2.39. The highest BCUT2D eigenvalue weighted by atomic mass is 15.2. The van der Waals surface area contributed by atoms with Crippen molar-refractivity contribution in [2.75, 3.05) is 4.90 Å². The zero-order chi connectivity index (χ0) is 15.2. The number of hydrogen-bond donors (Lipinski definition) is 1. The Kier molecular flexibility index (Phi) is 5.34. The summed E-state index contributed by atoms with van der Waals surface area (Å²) >= 11 is 0. The van der Waals surface area contributed by atoms with Gasteiger partial charge in [-0.15, -0.1) is 0 Å². The van der Waals surface area contributed by atoms with Crippen molar-refractivity contribution in [3.05, 3.63) is 59.8 Å². The SMILES string of the molecule is CC(N)Cc1ccc(N(Cc2ccccc2)C(C)C)nc1. The molecule has 0 amide bonds. The average molecular weight is 283 g/mol. The van der Waals surface area contributed by atoms with E-state index in [2.05, 4.69) is 60.1 Å². The number of pyridine rings is 1. The summed E-state index contributed by atoms with van der Waals surface area (Å²) in [6.07, 6.45) is 2.81. The number of anilines is 1. The molecule has 1 aromatic heterocycles. The van der Waals surface area contributed by atoms with Gasteiger partial charge in [-0.3, -0.25) is 0 Å². The monoisotopic (exact) mass is 283 g/mol. The lowest BCUT2D eigenvalue weighted by atomic mass is 10.1. The van der Waals surface area contributed by atoms with Crippen molar-refractivity contribution in [3.8, 4) is 0 Å². The average Bonchev–Trinajstić information content (AvgIpc) is 2.46. The smallest absolute Gasteiger partial charge is 0.129 e. The molecule has 0 bridgehead atoms. The molecule has 0 aliphatic heterocycles. The molecule has 0 spiro atoms. The molecule has 112 valence electrons. The van der Waals surface area contributed by atoms with Gasteiger partial charge in [0.1, 0.15) is 5.82 Å². The molecule has 0 saturated heterocycles. The molecule has 3 heteroatoms. The first-order valence-electron chi connectivity index (χ1n) is 7.57. The van der Waals surface area contributed by atoms with Crippen LogP contribution in [0.25, 0.3) is 0 Å². The molecule has 0 saturated carbocycles. The molecule has 3 nitrogen and oxygen atoms in total. The van der Waals surface area contributed by atoms with Gasteiger partial charge in [-0.05, 0) is 44.4 Å². The topological polar surface area (TPSA) is 42.1 Å². The summed E-state index contributed by atoms with van der Waals surface area (Å²) in [6, 6.07) is 15.3. The van der Waals surface area contributed by atoms with E-state index in [4.69, 9.17) is 5.73 Å². The second kappa shape index (κ2) is 7.23. The maximum atomic E-state index is 5.83. The Morgan fingerprint density at radius 2 is 1.71 bits per heavy atom. The third-order valence-electron chi connectivity index (χ3n) is 3.48. The van der Waals surface area contributed by atoms with E-state index < -0.39 is 0 Å². The van der Waals surface area contributed by atoms with Crippen LogP contribution in [0.4, 0.5) is 5.82 Å². The first-order chi connectivity index (χ1) is 10.1. The Balaban J connectivity index is 2.14. The van der Waals surface area contributed by atoms with E-state index in [1.807, 2.05) is 19.2 Å². The van der Waals surface area contributed by atoms with E-state index in [0.717, 1.165) is 18.8 Å². The summed E-state index contributed by atoms with van der Waals surface area (Å²) in [4.78, 5) is 6.93. The molecule has 1 atom stereocenters. The second-order valence-corrected chi connectivity index (χ2v) is 5.91. The summed E-state index contributed by atoms with van der Waals surface area (Å²) in [6.45, 7) is 7.28. The molecule has 1 heterocycles. The van der Waals surface area contributed by atoms with E-state index in [9.17, 15) is 0 Å². The molecule has 2 N–H and O–H groups in total. The normalized spacial score (nSPS) is 12.4. The van der Waals surface area contributed by atoms with Crippen molar-refractivity contribution < 1.29 is 0 Å². The molecular formula is C18H25N3. The van der Waals surface area contributed by atoms with Crippen LogP contribution in [0.5, 0.6) is 0 Å². The van der Waals surface area contributed by atoms with Crippen LogP contribution < -0.4 is 10.6 Å². The van der Waals surface area contributed by atoms with E-state index in [0.29, 0.717) is 6.04 Å². The van der Waals surface area contributed by atoms with Crippen LogP contribution in [-0.4, -0.2) is 17.1 Å². The van der Waals surface area contributed by atoms with E-state index >= 15 is 0 Å². The fourth-order valence-electron chi connectivity index (χ4n) is 2.39. The van der Waals surface area contributed by atoms with Crippen LogP contribution in [-0.2, 0) is 13.0 Å². The summed E-state index contributed by atoms with van der Waals surface area (Å²) < 4.78 is 0. The Hall–Kier alpha value is -1.87. The Morgan fingerprint density at radius 3 is 2.24 bits per heavy atom. The Labute approximate surface area is 127 Å². The van der Waals surface area contributed by atoms with Gasteiger partial charge in [-0.25, -0.2) is 4.98 Å². The molecule has 0 fully saturated rings. The molecule has 0 radical (unpaired) electrons. The van der Waals surface area contributed by atoms with Crippen molar-refractivity contribution in [2.24, 2.45) is 5.73 Å². The van der Waals surface area contributed by atoms with Gasteiger partial charge in [-0.1, -0.05) is 36.4 Å². The number of aromatic nitrogens is 1. The van der Waals surface area contributed by atoms with Crippen molar-refractivity contribution in [2.45, 2.75) is 45.8 Å². The molecule has 0 aliphatic carbocycles. The highest BCUT2D eigenvalue weighted by Gasteiger charge is 2.12. The van der Waals surface area contributed by atoms with E-state index in [-0.39, 0.29) is 6.04 Å². The zero-order valence-electron chi connectivity index (χ0n) is 13.2. The lowest BCUT2D eigenvalue weighted by Gasteiger charge is -2.28. The maximum Gasteiger partial charge on any atom is 0.129 e. The predicted molar refractivity (Wildman–Crippen MR) is 89.4 cm³/mol. The third kappa shape index (κ3) is 4.57. The number of nitrogens with two attached hydrogens (primary N) is 1. The van der Waals surface area contributed by atoms with Crippen molar-refractivity contribution in [3.63, 3.8) is 0 Å².